The predicted molar refractivity (Wildman–Crippen MR) is 74.0 cm³/mol. The Morgan fingerprint density at radius 3 is 2.53 bits per heavy atom. The Balaban J connectivity index is 2.17. The topological polar surface area (TPSA) is 42.0 Å². The van der Waals surface area contributed by atoms with Crippen LogP contribution in [-0.2, 0) is 0 Å². The highest BCUT2D eigenvalue weighted by Gasteiger charge is 2.08. The van der Waals surface area contributed by atoms with Gasteiger partial charge in [-0.05, 0) is 56.1 Å². The van der Waals surface area contributed by atoms with Gasteiger partial charge in [-0.1, -0.05) is 12.1 Å². The fourth-order valence-electron chi connectivity index (χ4n) is 1.26. The highest BCUT2D eigenvalue weighted by Crippen LogP contribution is 2.21. The van der Waals surface area contributed by atoms with Crippen LogP contribution in [0.2, 0.25) is 0 Å². The van der Waals surface area contributed by atoms with Gasteiger partial charge in [-0.25, -0.2) is 4.98 Å². The van der Waals surface area contributed by atoms with Crippen molar-refractivity contribution in [2.24, 2.45) is 0 Å². The van der Waals surface area contributed by atoms with Crippen molar-refractivity contribution in [3.8, 4) is 0 Å². The number of carbonyl (C=O) groups is 1. The van der Waals surface area contributed by atoms with E-state index in [0.29, 0.717) is 5.69 Å². The van der Waals surface area contributed by atoms with E-state index in [1.54, 1.807) is 18.3 Å². The van der Waals surface area contributed by atoms with Crippen LogP contribution in [0.4, 0.5) is 5.69 Å². The minimum Gasteiger partial charge on any atom is -0.320 e. The van der Waals surface area contributed by atoms with Crippen LogP contribution in [0.5, 0.6) is 0 Å². The summed E-state index contributed by atoms with van der Waals surface area (Å²) in [6, 6.07) is 10.9. The summed E-state index contributed by atoms with van der Waals surface area (Å²) in [6.07, 6.45) is 1.59. The summed E-state index contributed by atoms with van der Waals surface area (Å²) in [4.78, 5) is 15.9. The molecule has 1 aromatic carbocycles. The summed E-state index contributed by atoms with van der Waals surface area (Å²) in [6.45, 7) is 0. The van der Waals surface area contributed by atoms with Gasteiger partial charge < -0.3 is 5.32 Å². The Hall–Kier alpha value is -1.20. The largest absolute Gasteiger partial charge is 0.320 e. The minimum absolute atomic E-state index is 0.232. The van der Waals surface area contributed by atoms with E-state index in [2.05, 4.69) is 42.2 Å². The zero-order valence-corrected chi connectivity index (χ0v) is 11.8. The number of rotatable bonds is 2. The number of benzene rings is 1. The molecule has 1 N–H and O–H groups in total. The van der Waals surface area contributed by atoms with Gasteiger partial charge in [0.15, 0.2) is 0 Å². The van der Waals surface area contributed by atoms with Crippen LogP contribution in [0, 0.1) is 0 Å². The number of aromatic nitrogens is 1. The van der Waals surface area contributed by atoms with Gasteiger partial charge in [0, 0.05) is 15.1 Å². The number of para-hydroxylation sites is 1. The van der Waals surface area contributed by atoms with E-state index in [0.717, 1.165) is 14.6 Å². The van der Waals surface area contributed by atoms with Crippen LogP contribution in [0.1, 0.15) is 10.5 Å². The molecule has 2 rings (SSSR count). The van der Waals surface area contributed by atoms with E-state index in [1.807, 2.05) is 24.3 Å². The van der Waals surface area contributed by atoms with Gasteiger partial charge in [-0.3, -0.25) is 4.79 Å². The van der Waals surface area contributed by atoms with E-state index in [4.69, 9.17) is 0 Å². The van der Waals surface area contributed by atoms with Crippen LogP contribution in [0.25, 0.3) is 0 Å². The number of nitrogens with one attached hydrogen (secondary N) is 1. The summed E-state index contributed by atoms with van der Waals surface area (Å²) < 4.78 is 1.68. The molecule has 86 valence electrons. The zero-order chi connectivity index (χ0) is 12.3. The zero-order valence-electron chi connectivity index (χ0n) is 8.65. The first-order chi connectivity index (χ1) is 8.16. The standard InChI is InChI=1S/C12H8Br2N2O/c13-8-5-6-11(15-7-8)12(17)16-10-4-2-1-3-9(10)14/h1-7H,(H,16,17). The molecule has 0 bridgehead atoms. The Labute approximate surface area is 116 Å². The van der Waals surface area contributed by atoms with E-state index in [1.165, 1.54) is 0 Å². The second-order valence-corrected chi connectivity index (χ2v) is 5.07. The Kier molecular flexibility index (Phi) is 3.91. The number of hydrogen-bond donors (Lipinski definition) is 1. The molecule has 2 aromatic rings. The van der Waals surface area contributed by atoms with Crippen LogP contribution in [-0.4, -0.2) is 10.9 Å². The molecule has 1 heterocycles. The third-order valence-corrected chi connectivity index (χ3v) is 3.24. The summed E-state index contributed by atoms with van der Waals surface area (Å²) in [7, 11) is 0. The van der Waals surface area contributed by atoms with Gasteiger partial charge >= 0.3 is 0 Å². The lowest BCUT2D eigenvalue weighted by molar-refractivity contribution is 0.102. The fourth-order valence-corrected chi connectivity index (χ4v) is 1.88. The van der Waals surface area contributed by atoms with Crippen LogP contribution >= 0.6 is 31.9 Å². The monoisotopic (exact) mass is 354 g/mol. The predicted octanol–water partition coefficient (Wildman–Crippen LogP) is 3.86. The quantitative estimate of drug-likeness (QED) is 0.888. The number of nitrogens with zero attached hydrogens (tertiary/aromatic N) is 1. The highest BCUT2D eigenvalue weighted by molar-refractivity contribution is 9.10. The molecule has 0 atom stereocenters. The molecule has 0 saturated carbocycles. The molecule has 17 heavy (non-hydrogen) atoms. The molecule has 1 amide bonds. The van der Waals surface area contributed by atoms with E-state index in [9.17, 15) is 4.79 Å². The van der Waals surface area contributed by atoms with Gasteiger partial charge in [-0.2, -0.15) is 0 Å². The third-order valence-electron chi connectivity index (χ3n) is 2.08. The van der Waals surface area contributed by atoms with Gasteiger partial charge in [0.05, 0.1) is 5.69 Å². The van der Waals surface area contributed by atoms with Crippen molar-refractivity contribution in [2.45, 2.75) is 0 Å². The Morgan fingerprint density at radius 1 is 1.12 bits per heavy atom. The highest BCUT2D eigenvalue weighted by atomic mass is 79.9. The summed E-state index contributed by atoms with van der Waals surface area (Å²) in [5.74, 6) is -0.232. The lowest BCUT2D eigenvalue weighted by atomic mass is 10.3. The molecule has 0 spiro atoms. The molecule has 0 radical (unpaired) electrons. The fraction of sp³-hybridized carbons (Fsp3) is 0. The van der Waals surface area contributed by atoms with Crippen molar-refractivity contribution in [2.75, 3.05) is 5.32 Å². The summed E-state index contributed by atoms with van der Waals surface area (Å²) in [5, 5.41) is 2.78. The van der Waals surface area contributed by atoms with E-state index in [-0.39, 0.29) is 5.91 Å². The van der Waals surface area contributed by atoms with Crippen molar-refractivity contribution < 1.29 is 4.79 Å². The van der Waals surface area contributed by atoms with Crippen LogP contribution in [0.15, 0.2) is 51.5 Å². The van der Waals surface area contributed by atoms with Crippen molar-refractivity contribution in [3.63, 3.8) is 0 Å². The van der Waals surface area contributed by atoms with Gasteiger partial charge in [-0.15, -0.1) is 0 Å². The SMILES string of the molecule is O=C(Nc1ccccc1Br)c1ccc(Br)cn1. The molecule has 0 saturated heterocycles. The lowest BCUT2D eigenvalue weighted by Gasteiger charge is -2.06. The van der Waals surface area contributed by atoms with Crippen LogP contribution in [0.3, 0.4) is 0 Å². The number of carbonyl (C=O) groups excluding carboxylic acids is 1. The second-order valence-electron chi connectivity index (χ2n) is 3.30. The average Bonchev–Trinajstić information content (AvgIpc) is 2.33. The van der Waals surface area contributed by atoms with Gasteiger partial charge in [0.1, 0.15) is 5.69 Å². The molecule has 0 aliphatic rings. The van der Waals surface area contributed by atoms with Gasteiger partial charge in [0.2, 0.25) is 0 Å². The average molecular weight is 356 g/mol. The maximum absolute atomic E-state index is 11.9. The van der Waals surface area contributed by atoms with E-state index >= 15 is 0 Å². The number of hydrogen-bond acceptors (Lipinski definition) is 2. The smallest absolute Gasteiger partial charge is 0.274 e. The van der Waals surface area contributed by atoms with Crippen molar-refractivity contribution in [1.82, 2.24) is 4.98 Å². The van der Waals surface area contributed by atoms with Crippen molar-refractivity contribution >= 4 is 43.5 Å². The molecule has 0 aliphatic heterocycles. The van der Waals surface area contributed by atoms with Gasteiger partial charge in [0.25, 0.3) is 5.91 Å². The Morgan fingerprint density at radius 2 is 1.88 bits per heavy atom. The number of pyridine rings is 1. The lowest BCUT2D eigenvalue weighted by Crippen LogP contribution is -2.13. The Bertz CT molecular complexity index is 540. The van der Waals surface area contributed by atoms with Crippen molar-refractivity contribution in [1.29, 1.82) is 0 Å². The maximum Gasteiger partial charge on any atom is 0.274 e. The molecular weight excluding hydrogens is 348 g/mol. The molecule has 1 aromatic heterocycles. The first-order valence-corrected chi connectivity index (χ1v) is 6.43. The van der Waals surface area contributed by atoms with E-state index < -0.39 is 0 Å². The van der Waals surface area contributed by atoms with Crippen molar-refractivity contribution in [3.05, 3.63) is 57.2 Å². The first kappa shape index (κ1) is 12.3. The molecular formula is C12H8Br2N2O. The second kappa shape index (κ2) is 5.42. The molecule has 0 aliphatic carbocycles. The molecule has 5 heteroatoms. The van der Waals surface area contributed by atoms with Crippen LogP contribution < -0.4 is 5.32 Å². The minimum atomic E-state index is -0.232. The number of amides is 1. The maximum atomic E-state index is 11.9. The molecule has 0 unspecified atom stereocenters. The number of halogens is 2. The first-order valence-electron chi connectivity index (χ1n) is 4.84. The normalized spacial score (nSPS) is 10.0. The number of anilines is 1. The molecule has 0 fully saturated rings. The molecule has 3 nitrogen and oxygen atoms in total. The summed E-state index contributed by atoms with van der Waals surface area (Å²) in [5.41, 5.74) is 1.10. The third kappa shape index (κ3) is 3.14. The summed E-state index contributed by atoms with van der Waals surface area (Å²) >= 11 is 6.64.